The molecule has 21 heavy (non-hydrogen) atoms. The quantitative estimate of drug-likeness (QED) is 0.561. The second kappa shape index (κ2) is 5.19. The van der Waals surface area contributed by atoms with Crippen molar-refractivity contribution in [1.29, 1.82) is 0 Å². The van der Waals surface area contributed by atoms with E-state index in [0.29, 0.717) is 10.6 Å². The highest BCUT2D eigenvalue weighted by molar-refractivity contribution is 6.36. The van der Waals surface area contributed by atoms with Crippen LogP contribution in [-0.2, 0) is 0 Å². The Kier molecular flexibility index (Phi) is 3.35. The average Bonchev–Trinajstić information content (AvgIpc) is 2.47. The standard InChI is InChI=1S/C17H11ClFNO/c18-15-8-7-13(11-3-1-2-4-12(11)15)17(21)14-6-5-10(19)9-16(14)20/h1-9H,20H2. The van der Waals surface area contributed by atoms with Gasteiger partial charge in [0.05, 0.1) is 0 Å². The summed E-state index contributed by atoms with van der Waals surface area (Å²) < 4.78 is 13.1. The Morgan fingerprint density at radius 2 is 1.62 bits per heavy atom. The molecule has 3 aromatic carbocycles. The molecule has 0 radical (unpaired) electrons. The zero-order valence-electron chi connectivity index (χ0n) is 10.9. The third-order valence-electron chi connectivity index (χ3n) is 3.37. The number of anilines is 1. The van der Waals surface area contributed by atoms with E-state index in [1.165, 1.54) is 12.1 Å². The highest BCUT2D eigenvalue weighted by Gasteiger charge is 2.16. The van der Waals surface area contributed by atoms with Crippen LogP contribution in [0.4, 0.5) is 10.1 Å². The van der Waals surface area contributed by atoms with Gasteiger partial charge < -0.3 is 5.73 Å². The third-order valence-corrected chi connectivity index (χ3v) is 3.70. The van der Waals surface area contributed by atoms with Crippen LogP contribution in [0.2, 0.25) is 5.02 Å². The minimum Gasteiger partial charge on any atom is -0.398 e. The molecule has 2 N–H and O–H groups in total. The van der Waals surface area contributed by atoms with Crippen molar-refractivity contribution in [2.45, 2.75) is 0 Å². The van der Waals surface area contributed by atoms with Crippen molar-refractivity contribution < 1.29 is 9.18 Å². The van der Waals surface area contributed by atoms with Crippen LogP contribution in [0.5, 0.6) is 0 Å². The molecule has 3 rings (SSSR count). The third kappa shape index (κ3) is 2.36. The van der Waals surface area contributed by atoms with Gasteiger partial charge in [-0.3, -0.25) is 4.79 Å². The van der Waals surface area contributed by atoms with Gasteiger partial charge in [-0.25, -0.2) is 4.39 Å². The highest BCUT2D eigenvalue weighted by Crippen LogP contribution is 2.29. The summed E-state index contributed by atoms with van der Waals surface area (Å²) in [5.41, 5.74) is 6.65. The Morgan fingerprint density at radius 3 is 2.33 bits per heavy atom. The van der Waals surface area contributed by atoms with Crippen LogP contribution < -0.4 is 5.73 Å². The molecule has 0 saturated carbocycles. The smallest absolute Gasteiger partial charge is 0.195 e. The second-order valence-electron chi connectivity index (χ2n) is 4.70. The summed E-state index contributed by atoms with van der Waals surface area (Å²) in [6, 6.07) is 14.5. The summed E-state index contributed by atoms with van der Waals surface area (Å²) in [7, 11) is 0. The van der Waals surface area contributed by atoms with Gasteiger partial charge in [0.1, 0.15) is 5.82 Å². The highest BCUT2D eigenvalue weighted by atomic mass is 35.5. The van der Waals surface area contributed by atoms with Crippen molar-refractivity contribution in [3.05, 3.63) is 76.6 Å². The number of nitrogens with two attached hydrogens (primary N) is 1. The number of fused-ring (bicyclic) bond motifs is 1. The molecular formula is C17H11ClFNO. The van der Waals surface area contributed by atoms with Gasteiger partial charge in [0.2, 0.25) is 0 Å². The Morgan fingerprint density at radius 1 is 0.952 bits per heavy atom. The maximum Gasteiger partial charge on any atom is 0.195 e. The largest absolute Gasteiger partial charge is 0.398 e. The molecule has 0 amide bonds. The lowest BCUT2D eigenvalue weighted by molar-refractivity contribution is 0.104. The lowest BCUT2D eigenvalue weighted by atomic mass is 9.96. The number of hydrogen-bond acceptors (Lipinski definition) is 2. The van der Waals surface area contributed by atoms with Crippen LogP contribution in [0.15, 0.2) is 54.6 Å². The molecule has 0 aliphatic heterocycles. The first-order chi connectivity index (χ1) is 10.1. The van der Waals surface area contributed by atoms with E-state index in [2.05, 4.69) is 0 Å². The topological polar surface area (TPSA) is 43.1 Å². The van der Waals surface area contributed by atoms with E-state index in [9.17, 15) is 9.18 Å². The van der Waals surface area contributed by atoms with Gasteiger partial charge in [-0.05, 0) is 35.7 Å². The molecule has 0 aliphatic rings. The van der Waals surface area contributed by atoms with Crippen LogP contribution in [0, 0.1) is 5.82 Å². The van der Waals surface area contributed by atoms with E-state index < -0.39 is 5.82 Å². The van der Waals surface area contributed by atoms with Crippen molar-refractivity contribution in [3.8, 4) is 0 Å². The Balaban J connectivity index is 2.21. The van der Waals surface area contributed by atoms with Crippen molar-refractivity contribution in [1.82, 2.24) is 0 Å². The summed E-state index contributed by atoms with van der Waals surface area (Å²) in [6.45, 7) is 0. The maximum atomic E-state index is 13.1. The number of hydrogen-bond donors (Lipinski definition) is 1. The molecule has 0 spiro atoms. The van der Waals surface area contributed by atoms with Crippen molar-refractivity contribution in [2.75, 3.05) is 5.73 Å². The molecule has 0 unspecified atom stereocenters. The molecule has 3 aromatic rings. The minimum absolute atomic E-state index is 0.124. The molecule has 0 atom stereocenters. The molecule has 0 heterocycles. The van der Waals surface area contributed by atoms with Crippen molar-refractivity contribution in [3.63, 3.8) is 0 Å². The normalized spacial score (nSPS) is 10.8. The summed E-state index contributed by atoms with van der Waals surface area (Å²) in [4.78, 5) is 12.7. The number of nitrogen functional groups attached to an aromatic ring is 1. The zero-order chi connectivity index (χ0) is 15.0. The van der Waals surface area contributed by atoms with Gasteiger partial charge >= 0.3 is 0 Å². The van der Waals surface area contributed by atoms with E-state index >= 15 is 0 Å². The number of halogens is 2. The lowest BCUT2D eigenvalue weighted by Crippen LogP contribution is -2.06. The van der Waals surface area contributed by atoms with Crippen molar-refractivity contribution >= 4 is 33.8 Å². The number of benzene rings is 3. The molecule has 0 aromatic heterocycles. The molecule has 0 saturated heterocycles. The molecule has 0 bridgehead atoms. The fraction of sp³-hybridized carbons (Fsp3) is 0. The number of rotatable bonds is 2. The molecule has 4 heteroatoms. The monoisotopic (exact) mass is 299 g/mol. The van der Waals surface area contributed by atoms with Gasteiger partial charge in [-0.2, -0.15) is 0 Å². The molecular weight excluding hydrogens is 289 g/mol. The zero-order valence-corrected chi connectivity index (χ0v) is 11.7. The number of carbonyl (C=O) groups is 1. The van der Waals surface area contributed by atoms with E-state index in [0.717, 1.165) is 16.8 Å². The first kappa shape index (κ1) is 13.6. The van der Waals surface area contributed by atoms with Crippen LogP contribution in [0.25, 0.3) is 10.8 Å². The fourth-order valence-corrected chi connectivity index (χ4v) is 2.57. The Labute approximate surface area is 126 Å². The maximum absolute atomic E-state index is 13.1. The van der Waals surface area contributed by atoms with Crippen LogP contribution in [0.1, 0.15) is 15.9 Å². The summed E-state index contributed by atoms with van der Waals surface area (Å²) in [6.07, 6.45) is 0. The summed E-state index contributed by atoms with van der Waals surface area (Å²) >= 11 is 6.15. The van der Waals surface area contributed by atoms with Crippen LogP contribution in [0.3, 0.4) is 0 Å². The van der Waals surface area contributed by atoms with Crippen LogP contribution >= 0.6 is 11.6 Å². The van der Waals surface area contributed by atoms with E-state index in [1.807, 2.05) is 24.3 Å². The lowest BCUT2D eigenvalue weighted by Gasteiger charge is -2.09. The first-order valence-electron chi connectivity index (χ1n) is 6.35. The minimum atomic E-state index is -0.468. The van der Waals surface area contributed by atoms with Gasteiger partial charge in [0.25, 0.3) is 0 Å². The fourth-order valence-electron chi connectivity index (χ4n) is 2.35. The Hall–Kier alpha value is -2.39. The van der Waals surface area contributed by atoms with Gasteiger partial charge in [0.15, 0.2) is 5.78 Å². The summed E-state index contributed by atoms with van der Waals surface area (Å²) in [5, 5.41) is 2.12. The van der Waals surface area contributed by atoms with Gasteiger partial charge in [-0.15, -0.1) is 0 Å². The number of carbonyl (C=O) groups excluding carboxylic acids is 1. The molecule has 0 aliphatic carbocycles. The van der Waals surface area contributed by atoms with E-state index in [1.54, 1.807) is 12.1 Å². The number of ketones is 1. The summed E-state index contributed by atoms with van der Waals surface area (Å²) in [5.74, 6) is -0.717. The van der Waals surface area contributed by atoms with Crippen molar-refractivity contribution in [2.24, 2.45) is 0 Å². The first-order valence-corrected chi connectivity index (χ1v) is 6.72. The van der Waals surface area contributed by atoms with E-state index in [4.69, 9.17) is 17.3 Å². The van der Waals surface area contributed by atoms with Gasteiger partial charge in [-0.1, -0.05) is 35.9 Å². The molecule has 0 fully saturated rings. The van der Waals surface area contributed by atoms with Crippen LogP contribution in [-0.4, -0.2) is 5.78 Å². The predicted molar refractivity (Wildman–Crippen MR) is 83.2 cm³/mol. The average molecular weight is 300 g/mol. The Bertz CT molecular complexity index is 861. The molecule has 104 valence electrons. The van der Waals surface area contributed by atoms with E-state index in [-0.39, 0.29) is 17.0 Å². The second-order valence-corrected chi connectivity index (χ2v) is 5.11. The van der Waals surface area contributed by atoms with Gasteiger partial charge in [0, 0.05) is 27.2 Å². The predicted octanol–water partition coefficient (Wildman–Crippen LogP) is 4.45. The SMILES string of the molecule is Nc1cc(F)ccc1C(=O)c1ccc(Cl)c2ccccc12. The molecule has 2 nitrogen and oxygen atoms in total.